The largest absolute Gasteiger partial charge is 0.385 e. The van der Waals surface area contributed by atoms with Crippen molar-refractivity contribution in [3.63, 3.8) is 0 Å². The molecule has 2 N–H and O–H groups in total. The normalized spacial score (nSPS) is 15.1. The first-order chi connectivity index (χ1) is 16.3. The highest BCUT2D eigenvalue weighted by molar-refractivity contribution is 7.88. The van der Waals surface area contributed by atoms with E-state index in [2.05, 4.69) is 15.5 Å². The lowest BCUT2D eigenvalue weighted by atomic mass is 10.1. The molecule has 1 saturated heterocycles. The predicted molar refractivity (Wildman–Crippen MR) is 131 cm³/mol. The third-order valence-electron chi connectivity index (χ3n) is 5.63. The van der Waals surface area contributed by atoms with E-state index in [-0.39, 0.29) is 11.8 Å². The highest BCUT2D eigenvalue weighted by Gasteiger charge is 2.23. The van der Waals surface area contributed by atoms with Crippen molar-refractivity contribution in [1.82, 2.24) is 14.5 Å². The van der Waals surface area contributed by atoms with E-state index in [4.69, 9.17) is 4.74 Å². The van der Waals surface area contributed by atoms with Crippen LogP contribution in [0.15, 0.2) is 48.5 Å². The number of hydrogen-bond acceptors (Lipinski definition) is 6. The molecule has 1 fully saturated rings. The third-order valence-corrected chi connectivity index (χ3v) is 6.93. The van der Waals surface area contributed by atoms with E-state index in [1.54, 1.807) is 37.4 Å². The molecular formula is C24H32N4O5S. The Morgan fingerprint density at radius 3 is 2.44 bits per heavy atom. The lowest BCUT2D eigenvalue weighted by Gasteiger charge is -2.33. The quantitative estimate of drug-likeness (QED) is 0.494. The monoisotopic (exact) mass is 488 g/mol. The Labute approximate surface area is 201 Å². The number of carbonyl (C=O) groups excluding carboxylic acids is 2. The number of piperazine rings is 1. The van der Waals surface area contributed by atoms with Crippen molar-refractivity contribution < 1.29 is 22.7 Å². The van der Waals surface area contributed by atoms with Gasteiger partial charge in [0.1, 0.15) is 0 Å². The van der Waals surface area contributed by atoms with Crippen LogP contribution in [-0.4, -0.2) is 82.1 Å². The summed E-state index contributed by atoms with van der Waals surface area (Å²) in [6.07, 6.45) is 1.93. The molecule has 0 radical (unpaired) electrons. The molecule has 2 aromatic rings. The molecule has 2 aromatic carbocycles. The van der Waals surface area contributed by atoms with E-state index in [0.29, 0.717) is 69.1 Å². The number of nitrogens with zero attached hydrogens (tertiary/aromatic N) is 2. The van der Waals surface area contributed by atoms with Gasteiger partial charge in [-0.15, -0.1) is 0 Å². The Kier molecular flexibility index (Phi) is 9.17. The molecule has 3 rings (SSSR count). The molecule has 0 saturated carbocycles. The van der Waals surface area contributed by atoms with Gasteiger partial charge in [-0.1, -0.05) is 24.3 Å². The first kappa shape index (κ1) is 25.8. The van der Waals surface area contributed by atoms with E-state index >= 15 is 0 Å². The molecule has 9 nitrogen and oxygen atoms in total. The highest BCUT2D eigenvalue weighted by Crippen LogP contribution is 2.18. The average molecular weight is 489 g/mol. The molecule has 34 heavy (non-hydrogen) atoms. The molecule has 184 valence electrons. The fourth-order valence-electron chi connectivity index (χ4n) is 3.79. The second kappa shape index (κ2) is 12.1. The minimum atomic E-state index is -3.17. The molecule has 0 aliphatic carbocycles. The van der Waals surface area contributed by atoms with Gasteiger partial charge in [0.2, 0.25) is 10.0 Å². The van der Waals surface area contributed by atoms with Gasteiger partial charge in [0.05, 0.1) is 17.5 Å². The fraction of sp³-hybridized carbons (Fsp3) is 0.417. The molecule has 1 heterocycles. The maximum Gasteiger partial charge on any atom is 0.255 e. The van der Waals surface area contributed by atoms with Gasteiger partial charge < -0.3 is 15.4 Å². The van der Waals surface area contributed by atoms with E-state index in [1.165, 1.54) is 10.6 Å². The number of nitrogens with one attached hydrogen (secondary N) is 2. The standard InChI is InChI=1S/C24H32N4O5S/c1-33-16-6-11-25-24(30)21-9-3-4-10-22(21)26-23(29)20-8-5-7-19(17-20)18-27-12-14-28(15-13-27)34(2,31)32/h3-5,7-10,17H,6,11-16,18H2,1-2H3,(H,25,30)(H,26,29). The number of amides is 2. The van der Waals surface area contributed by atoms with E-state index in [0.717, 1.165) is 5.56 Å². The van der Waals surface area contributed by atoms with Crippen molar-refractivity contribution in [2.24, 2.45) is 0 Å². The lowest BCUT2D eigenvalue weighted by Crippen LogP contribution is -2.47. The summed E-state index contributed by atoms with van der Waals surface area (Å²) in [6, 6.07) is 14.2. The van der Waals surface area contributed by atoms with Crippen molar-refractivity contribution in [3.8, 4) is 0 Å². The summed E-state index contributed by atoms with van der Waals surface area (Å²) in [7, 11) is -1.56. The topological polar surface area (TPSA) is 108 Å². The van der Waals surface area contributed by atoms with Gasteiger partial charge >= 0.3 is 0 Å². The van der Waals surface area contributed by atoms with Crippen molar-refractivity contribution in [1.29, 1.82) is 0 Å². The molecule has 0 bridgehead atoms. The van der Waals surface area contributed by atoms with Crippen molar-refractivity contribution >= 4 is 27.5 Å². The number of benzene rings is 2. The van der Waals surface area contributed by atoms with Crippen LogP contribution in [0, 0.1) is 0 Å². The van der Waals surface area contributed by atoms with Crippen LogP contribution in [0.4, 0.5) is 5.69 Å². The molecule has 1 aliphatic rings. The summed E-state index contributed by atoms with van der Waals surface area (Å²) in [5, 5.41) is 5.69. The first-order valence-corrected chi connectivity index (χ1v) is 13.1. The molecule has 0 atom stereocenters. The molecular weight excluding hydrogens is 456 g/mol. The number of carbonyl (C=O) groups is 2. The zero-order valence-electron chi connectivity index (χ0n) is 19.6. The van der Waals surface area contributed by atoms with Gasteiger partial charge in [0.25, 0.3) is 11.8 Å². The average Bonchev–Trinajstić information content (AvgIpc) is 2.82. The van der Waals surface area contributed by atoms with Crippen LogP contribution >= 0.6 is 0 Å². The number of methoxy groups -OCH3 is 1. The van der Waals surface area contributed by atoms with Crippen molar-refractivity contribution in [2.45, 2.75) is 13.0 Å². The molecule has 0 unspecified atom stereocenters. The number of sulfonamides is 1. The molecule has 0 aromatic heterocycles. The van der Waals surface area contributed by atoms with Crippen LogP contribution in [0.1, 0.15) is 32.7 Å². The minimum absolute atomic E-state index is 0.256. The SMILES string of the molecule is COCCCNC(=O)c1ccccc1NC(=O)c1cccc(CN2CCN(S(C)(=O)=O)CC2)c1. The van der Waals surface area contributed by atoms with Crippen LogP contribution in [0.25, 0.3) is 0 Å². The zero-order chi connectivity index (χ0) is 24.6. The summed E-state index contributed by atoms with van der Waals surface area (Å²) >= 11 is 0. The number of hydrogen-bond donors (Lipinski definition) is 2. The smallest absolute Gasteiger partial charge is 0.255 e. The number of rotatable bonds is 10. The lowest BCUT2D eigenvalue weighted by molar-refractivity contribution is 0.0949. The van der Waals surface area contributed by atoms with Gasteiger partial charge in [0.15, 0.2) is 0 Å². The Morgan fingerprint density at radius 2 is 1.74 bits per heavy atom. The van der Waals surface area contributed by atoms with Crippen LogP contribution in [0.2, 0.25) is 0 Å². The fourth-order valence-corrected chi connectivity index (χ4v) is 4.61. The van der Waals surface area contributed by atoms with Crippen LogP contribution in [0.5, 0.6) is 0 Å². The predicted octanol–water partition coefficient (Wildman–Crippen LogP) is 1.78. The Balaban J connectivity index is 1.61. The summed E-state index contributed by atoms with van der Waals surface area (Å²) in [5.41, 5.74) is 2.29. The summed E-state index contributed by atoms with van der Waals surface area (Å²) in [4.78, 5) is 27.7. The second-order valence-electron chi connectivity index (χ2n) is 8.24. The van der Waals surface area contributed by atoms with Crippen molar-refractivity contribution in [3.05, 3.63) is 65.2 Å². The van der Waals surface area contributed by atoms with Gasteiger partial charge in [-0.2, -0.15) is 4.31 Å². The first-order valence-electron chi connectivity index (χ1n) is 11.2. The second-order valence-corrected chi connectivity index (χ2v) is 10.2. The Bertz CT molecular complexity index is 1100. The van der Waals surface area contributed by atoms with E-state index in [9.17, 15) is 18.0 Å². The number of ether oxygens (including phenoxy) is 1. The summed E-state index contributed by atoms with van der Waals surface area (Å²) in [5.74, 6) is -0.558. The van der Waals surface area contributed by atoms with Crippen molar-refractivity contribution in [2.75, 3.05) is 58.0 Å². The Hall–Kier alpha value is -2.79. The summed E-state index contributed by atoms with van der Waals surface area (Å²) < 4.78 is 29.9. The maximum absolute atomic E-state index is 12.9. The minimum Gasteiger partial charge on any atom is -0.385 e. The number of para-hydroxylation sites is 1. The molecule has 2 amide bonds. The van der Waals surface area contributed by atoms with Gasteiger partial charge in [-0.3, -0.25) is 14.5 Å². The van der Waals surface area contributed by atoms with Gasteiger partial charge in [-0.05, 0) is 36.2 Å². The van der Waals surface area contributed by atoms with E-state index in [1.807, 2.05) is 18.2 Å². The third kappa shape index (κ3) is 7.36. The van der Waals surface area contributed by atoms with Gasteiger partial charge in [-0.25, -0.2) is 8.42 Å². The van der Waals surface area contributed by atoms with Gasteiger partial charge in [0, 0.05) is 58.5 Å². The van der Waals surface area contributed by atoms with E-state index < -0.39 is 10.0 Å². The highest BCUT2D eigenvalue weighted by atomic mass is 32.2. The molecule has 1 aliphatic heterocycles. The zero-order valence-corrected chi connectivity index (χ0v) is 20.4. The summed E-state index contributed by atoms with van der Waals surface area (Å²) in [6.45, 7) is 3.86. The number of anilines is 1. The van der Waals surface area contributed by atoms with Crippen LogP contribution < -0.4 is 10.6 Å². The van der Waals surface area contributed by atoms with Crippen LogP contribution in [0.3, 0.4) is 0 Å². The molecule has 10 heteroatoms. The Morgan fingerprint density at radius 1 is 1.00 bits per heavy atom. The van der Waals surface area contributed by atoms with Crippen LogP contribution in [-0.2, 0) is 21.3 Å². The molecule has 0 spiro atoms. The maximum atomic E-state index is 12.9.